The van der Waals surface area contributed by atoms with Crippen LogP contribution in [0.2, 0.25) is 0 Å². The summed E-state index contributed by atoms with van der Waals surface area (Å²) in [5.74, 6) is 0.784. The highest BCUT2D eigenvalue weighted by atomic mass is 32.1. The van der Waals surface area contributed by atoms with E-state index in [-0.39, 0.29) is 11.8 Å². The molecule has 0 unspecified atom stereocenters. The van der Waals surface area contributed by atoms with Crippen LogP contribution in [0.4, 0.5) is 5.69 Å². The number of pyridine rings is 3. The first-order valence-electron chi connectivity index (χ1n) is 12.2. The lowest BCUT2D eigenvalue weighted by Crippen LogP contribution is -2.20. The van der Waals surface area contributed by atoms with E-state index in [1.165, 1.54) is 0 Å². The van der Waals surface area contributed by atoms with Crippen LogP contribution in [-0.2, 0) is 4.79 Å². The molecule has 1 fully saturated rings. The molecular formula is C27H22N8OS. The number of nitrogens with one attached hydrogen (secondary N) is 3. The highest BCUT2D eigenvalue weighted by Crippen LogP contribution is 2.33. The molecule has 7 rings (SSSR count). The first kappa shape index (κ1) is 21.8. The summed E-state index contributed by atoms with van der Waals surface area (Å²) in [4.78, 5) is 34.2. The normalized spacial score (nSPS) is 14.1. The fourth-order valence-corrected chi connectivity index (χ4v) is 5.67. The zero-order valence-corrected chi connectivity index (χ0v) is 20.5. The van der Waals surface area contributed by atoms with Crippen LogP contribution in [0, 0.1) is 5.92 Å². The number of hydrogen-bond donors (Lipinski definition) is 3. The quantitative estimate of drug-likeness (QED) is 0.271. The van der Waals surface area contributed by atoms with Crippen LogP contribution in [0.3, 0.4) is 0 Å². The van der Waals surface area contributed by atoms with Gasteiger partial charge >= 0.3 is 0 Å². The molecule has 6 heterocycles. The van der Waals surface area contributed by atoms with Gasteiger partial charge in [0.15, 0.2) is 11.5 Å². The van der Waals surface area contributed by atoms with Crippen LogP contribution in [-0.4, -0.2) is 41.0 Å². The summed E-state index contributed by atoms with van der Waals surface area (Å²) < 4.78 is 0. The molecule has 0 atom stereocenters. The number of hydrogen-bond acceptors (Lipinski definition) is 7. The van der Waals surface area contributed by atoms with Gasteiger partial charge in [-0.1, -0.05) is 12.8 Å². The van der Waals surface area contributed by atoms with Crippen LogP contribution in [0.15, 0.2) is 59.8 Å². The maximum Gasteiger partial charge on any atom is 0.227 e. The van der Waals surface area contributed by atoms with Gasteiger partial charge in [0.2, 0.25) is 5.91 Å². The molecule has 1 aliphatic carbocycles. The summed E-state index contributed by atoms with van der Waals surface area (Å²) in [5.41, 5.74) is 7.38. The zero-order chi connectivity index (χ0) is 24.8. The molecule has 182 valence electrons. The number of aromatic nitrogens is 7. The van der Waals surface area contributed by atoms with Crippen molar-refractivity contribution in [1.82, 2.24) is 35.1 Å². The number of rotatable bonds is 5. The second-order valence-electron chi connectivity index (χ2n) is 9.27. The van der Waals surface area contributed by atoms with E-state index in [0.29, 0.717) is 22.9 Å². The van der Waals surface area contributed by atoms with Crippen LogP contribution in [0.1, 0.15) is 25.7 Å². The second-order valence-corrected chi connectivity index (χ2v) is 10.1. The van der Waals surface area contributed by atoms with Gasteiger partial charge in [0.1, 0.15) is 5.69 Å². The minimum atomic E-state index is 0.0669. The standard InChI is InChI=1S/C27H22N8OS/c36-27(15-3-1-2-4-15)31-18-9-17(11-28-12-18)21-10-20-22(13-30-21)34-35-24(20)26-32-23-19(16-6-8-37-14-16)5-7-29-25(23)33-26/h5-15H,1-4H2,(H,31,36)(H,34,35)(H,29,32,33). The third-order valence-electron chi connectivity index (χ3n) is 6.92. The molecule has 0 aromatic carbocycles. The topological polar surface area (TPSA) is 125 Å². The summed E-state index contributed by atoms with van der Waals surface area (Å²) in [7, 11) is 0. The molecule has 6 aromatic rings. The van der Waals surface area contributed by atoms with E-state index in [9.17, 15) is 4.79 Å². The number of carbonyl (C=O) groups is 1. The predicted molar refractivity (Wildman–Crippen MR) is 144 cm³/mol. The predicted octanol–water partition coefficient (Wildman–Crippen LogP) is 5.82. The fraction of sp³-hybridized carbons (Fsp3) is 0.185. The number of H-pyrrole nitrogens is 2. The molecule has 10 heteroatoms. The lowest BCUT2D eigenvalue weighted by molar-refractivity contribution is -0.119. The smallest absolute Gasteiger partial charge is 0.227 e. The maximum atomic E-state index is 12.6. The molecule has 9 nitrogen and oxygen atoms in total. The lowest BCUT2D eigenvalue weighted by Gasteiger charge is -2.11. The molecular weight excluding hydrogens is 484 g/mol. The van der Waals surface area contributed by atoms with Gasteiger partial charge in [0.25, 0.3) is 0 Å². The minimum Gasteiger partial charge on any atom is -0.335 e. The van der Waals surface area contributed by atoms with Crippen molar-refractivity contribution in [3.8, 4) is 33.9 Å². The molecule has 1 saturated carbocycles. The largest absolute Gasteiger partial charge is 0.335 e. The number of nitrogens with zero attached hydrogens (tertiary/aromatic N) is 5. The van der Waals surface area contributed by atoms with Crippen LogP contribution < -0.4 is 5.32 Å². The van der Waals surface area contributed by atoms with Gasteiger partial charge < -0.3 is 10.3 Å². The van der Waals surface area contributed by atoms with Crippen molar-refractivity contribution in [1.29, 1.82) is 0 Å². The van der Waals surface area contributed by atoms with Gasteiger partial charge in [0.05, 0.1) is 34.8 Å². The first-order chi connectivity index (χ1) is 18.2. The summed E-state index contributed by atoms with van der Waals surface area (Å²) >= 11 is 1.65. The maximum absolute atomic E-state index is 12.6. The third-order valence-corrected chi connectivity index (χ3v) is 7.61. The average Bonchev–Trinajstić information content (AvgIpc) is 3.74. The van der Waals surface area contributed by atoms with E-state index in [1.807, 2.05) is 18.2 Å². The summed E-state index contributed by atoms with van der Waals surface area (Å²) in [6.45, 7) is 0. The van der Waals surface area contributed by atoms with Crippen molar-refractivity contribution in [3.63, 3.8) is 0 Å². The number of fused-ring (bicyclic) bond motifs is 2. The van der Waals surface area contributed by atoms with Crippen LogP contribution in [0.25, 0.3) is 56.0 Å². The van der Waals surface area contributed by atoms with Gasteiger partial charge in [-0.05, 0) is 53.4 Å². The summed E-state index contributed by atoms with van der Waals surface area (Å²) in [6.07, 6.45) is 11.1. The Balaban J connectivity index is 1.25. The zero-order valence-electron chi connectivity index (χ0n) is 19.7. The molecule has 0 spiro atoms. The van der Waals surface area contributed by atoms with Gasteiger partial charge in [-0.2, -0.15) is 16.4 Å². The average molecular weight is 507 g/mol. The SMILES string of the molecule is O=C(Nc1cncc(-c2cc3c(-c4nc5nccc(-c6ccsc6)c5[nH]4)n[nH]c3cn2)c1)C1CCCC1. The first-order valence-corrected chi connectivity index (χ1v) is 13.2. The van der Waals surface area contributed by atoms with E-state index < -0.39 is 0 Å². The number of amides is 1. The number of imidazole rings is 1. The van der Waals surface area contributed by atoms with Crippen molar-refractivity contribution >= 4 is 45.0 Å². The number of aromatic amines is 2. The van der Waals surface area contributed by atoms with E-state index in [2.05, 4.69) is 52.3 Å². The molecule has 0 radical (unpaired) electrons. The minimum absolute atomic E-state index is 0.0669. The Labute approximate surface area is 215 Å². The Morgan fingerprint density at radius 2 is 1.97 bits per heavy atom. The number of thiophene rings is 1. The summed E-state index contributed by atoms with van der Waals surface area (Å²) in [5, 5.41) is 15.7. The Morgan fingerprint density at radius 1 is 1.05 bits per heavy atom. The molecule has 0 bridgehead atoms. The molecule has 6 aromatic heterocycles. The van der Waals surface area contributed by atoms with E-state index in [1.54, 1.807) is 36.1 Å². The van der Waals surface area contributed by atoms with Crippen LogP contribution >= 0.6 is 11.3 Å². The number of anilines is 1. The number of carbonyl (C=O) groups excluding carboxylic acids is 1. The highest BCUT2D eigenvalue weighted by molar-refractivity contribution is 7.08. The van der Waals surface area contributed by atoms with Crippen molar-refractivity contribution in [3.05, 3.63) is 59.8 Å². The summed E-state index contributed by atoms with van der Waals surface area (Å²) in [6, 6.07) is 7.95. The van der Waals surface area contributed by atoms with Gasteiger partial charge in [-0.3, -0.25) is 19.9 Å². The van der Waals surface area contributed by atoms with E-state index in [4.69, 9.17) is 4.98 Å². The molecule has 1 amide bonds. The van der Waals surface area contributed by atoms with Crippen LogP contribution in [0.5, 0.6) is 0 Å². The molecule has 0 saturated heterocycles. The monoisotopic (exact) mass is 506 g/mol. The van der Waals surface area contributed by atoms with Crippen molar-refractivity contribution < 1.29 is 4.79 Å². The Hall–Kier alpha value is -4.44. The molecule has 0 aliphatic heterocycles. The molecule has 1 aliphatic rings. The van der Waals surface area contributed by atoms with E-state index in [0.717, 1.165) is 64.5 Å². The Morgan fingerprint density at radius 3 is 2.84 bits per heavy atom. The molecule has 37 heavy (non-hydrogen) atoms. The lowest BCUT2D eigenvalue weighted by atomic mass is 10.1. The second kappa shape index (κ2) is 8.90. The van der Waals surface area contributed by atoms with E-state index >= 15 is 0 Å². The van der Waals surface area contributed by atoms with Crippen molar-refractivity contribution in [2.45, 2.75) is 25.7 Å². The Bertz CT molecular complexity index is 1750. The van der Waals surface area contributed by atoms with Crippen molar-refractivity contribution in [2.75, 3.05) is 5.32 Å². The van der Waals surface area contributed by atoms with Gasteiger partial charge in [0, 0.05) is 34.8 Å². The van der Waals surface area contributed by atoms with Crippen molar-refractivity contribution in [2.24, 2.45) is 5.92 Å². The Kier molecular flexibility index (Phi) is 5.24. The fourth-order valence-electron chi connectivity index (χ4n) is 5.02. The third kappa shape index (κ3) is 3.95. The van der Waals surface area contributed by atoms with Gasteiger partial charge in [-0.15, -0.1) is 0 Å². The van der Waals surface area contributed by atoms with Gasteiger partial charge in [-0.25, -0.2) is 9.97 Å². The highest BCUT2D eigenvalue weighted by Gasteiger charge is 2.23. The molecule has 3 N–H and O–H groups in total.